The molecule has 2 heterocycles. The third kappa shape index (κ3) is 5.31. The van der Waals surface area contributed by atoms with E-state index in [1.165, 1.54) is 24.2 Å². The number of benzene rings is 2. The Kier molecular flexibility index (Phi) is 6.34. The number of rotatable bonds is 7. The van der Waals surface area contributed by atoms with Gasteiger partial charge in [-0.3, -0.25) is 9.62 Å². The maximum atomic E-state index is 12.5. The van der Waals surface area contributed by atoms with Gasteiger partial charge in [0.1, 0.15) is 17.9 Å². The van der Waals surface area contributed by atoms with E-state index in [4.69, 9.17) is 4.74 Å². The SMILES string of the molecule is COc1ccc(CN2CCN(c3ccc(S(=O)(=O)Nc4ccncn4)cc3)CC2)cc1.[HH]. The summed E-state index contributed by atoms with van der Waals surface area (Å²) in [4.78, 5) is 12.6. The largest absolute Gasteiger partial charge is 0.497 e. The van der Waals surface area contributed by atoms with E-state index in [-0.39, 0.29) is 12.1 Å². The summed E-state index contributed by atoms with van der Waals surface area (Å²) >= 11 is 0. The summed E-state index contributed by atoms with van der Waals surface area (Å²) in [5.74, 6) is 1.11. The van der Waals surface area contributed by atoms with Crippen LogP contribution in [0.5, 0.6) is 5.75 Å². The highest BCUT2D eigenvalue weighted by Crippen LogP contribution is 2.22. The average molecular weight is 442 g/mol. The van der Waals surface area contributed by atoms with Crippen molar-refractivity contribution in [1.29, 1.82) is 0 Å². The second-order valence-corrected chi connectivity index (χ2v) is 8.99. The highest BCUT2D eigenvalue weighted by atomic mass is 32.2. The van der Waals surface area contributed by atoms with Crippen LogP contribution in [-0.2, 0) is 16.6 Å². The molecule has 31 heavy (non-hydrogen) atoms. The summed E-state index contributed by atoms with van der Waals surface area (Å²) in [7, 11) is -2.01. The average Bonchev–Trinajstić information content (AvgIpc) is 2.81. The van der Waals surface area contributed by atoms with Gasteiger partial charge in [-0.25, -0.2) is 18.4 Å². The Morgan fingerprint density at radius 2 is 1.71 bits per heavy atom. The maximum absolute atomic E-state index is 12.5. The summed E-state index contributed by atoms with van der Waals surface area (Å²) in [6.45, 7) is 4.58. The Labute approximate surface area is 184 Å². The van der Waals surface area contributed by atoms with E-state index in [1.54, 1.807) is 19.2 Å². The van der Waals surface area contributed by atoms with Crippen molar-refractivity contribution < 1.29 is 14.6 Å². The molecule has 8 nitrogen and oxygen atoms in total. The van der Waals surface area contributed by atoms with Gasteiger partial charge in [0.25, 0.3) is 10.0 Å². The molecule has 9 heteroatoms. The number of sulfonamides is 1. The van der Waals surface area contributed by atoms with Crippen LogP contribution in [0.2, 0.25) is 0 Å². The van der Waals surface area contributed by atoms with E-state index >= 15 is 0 Å². The number of hydrogen-bond donors (Lipinski definition) is 1. The fourth-order valence-corrected chi connectivity index (χ4v) is 4.55. The standard InChI is InChI=1S/C22H25N5O3S.H2/c1-30-20-6-2-18(3-7-20)16-26-12-14-27(15-13-26)19-4-8-21(9-5-19)31(28,29)25-22-10-11-23-17-24-22;/h2-11,17H,12-16H2,1H3,(H,23,24,25);1H. The van der Waals surface area contributed by atoms with Crippen molar-refractivity contribution in [2.45, 2.75) is 11.4 Å². The first-order chi connectivity index (χ1) is 15.0. The Bertz CT molecular complexity index is 1090. The second kappa shape index (κ2) is 9.32. The summed E-state index contributed by atoms with van der Waals surface area (Å²) < 4.78 is 32.8. The number of nitrogens with one attached hydrogen (secondary N) is 1. The number of nitrogens with zero attached hydrogens (tertiary/aromatic N) is 4. The van der Waals surface area contributed by atoms with Crippen molar-refractivity contribution in [1.82, 2.24) is 14.9 Å². The van der Waals surface area contributed by atoms with Crippen LogP contribution in [0, 0.1) is 0 Å². The summed E-state index contributed by atoms with van der Waals surface area (Å²) in [6.07, 6.45) is 2.79. The lowest BCUT2D eigenvalue weighted by atomic mass is 10.2. The number of hydrogen-bond acceptors (Lipinski definition) is 7. The molecule has 0 saturated carbocycles. The Balaban J connectivity index is 0.00000289. The molecule has 1 aliphatic heterocycles. The first kappa shape index (κ1) is 21.1. The lowest BCUT2D eigenvalue weighted by Crippen LogP contribution is -2.45. The predicted molar refractivity (Wildman–Crippen MR) is 122 cm³/mol. The zero-order valence-corrected chi connectivity index (χ0v) is 18.1. The molecule has 0 aliphatic carbocycles. The van der Waals surface area contributed by atoms with Crippen molar-refractivity contribution in [3.63, 3.8) is 0 Å². The van der Waals surface area contributed by atoms with Crippen LogP contribution in [-0.4, -0.2) is 56.6 Å². The third-order valence-electron chi connectivity index (χ3n) is 5.27. The van der Waals surface area contributed by atoms with Gasteiger partial charge in [-0.05, 0) is 48.0 Å². The minimum atomic E-state index is -3.69. The van der Waals surface area contributed by atoms with Crippen molar-refractivity contribution >= 4 is 21.5 Å². The molecule has 1 saturated heterocycles. The molecular weight excluding hydrogens is 414 g/mol. The van der Waals surface area contributed by atoms with Gasteiger partial charge >= 0.3 is 0 Å². The van der Waals surface area contributed by atoms with Crippen molar-refractivity contribution in [3.05, 3.63) is 72.7 Å². The fourth-order valence-electron chi connectivity index (χ4n) is 3.54. The number of ether oxygens (including phenoxy) is 1. The van der Waals surface area contributed by atoms with Gasteiger partial charge in [-0.15, -0.1) is 0 Å². The normalized spacial score (nSPS) is 14.9. The molecule has 0 unspecified atom stereocenters. The van der Waals surface area contributed by atoms with Crippen LogP contribution < -0.4 is 14.4 Å². The van der Waals surface area contributed by atoms with Crippen molar-refractivity contribution in [2.75, 3.05) is 42.9 Å². The zero-order chi connectivity index (χ0) is 21.7. The molecule has 2 aromatic carbocycles. The minimum Gasteiger partial charge on any atom is -0.497 e. The van der Waals surface area contributed by atoms with E-state index in [2.05, 4.69) is 36.6 Å². The molecule has 0 atom stereocenters. The monoisotopic (exact) mass is 441 g/mol. The molecule has 1 aliphatic rings. The molecule has 1 N–H and O–H groups in total. The molecule has 4 rings (SSSR count). The minimum absolute atomic E-state index is 0. The summed E-state index contributed by atoms with van der Waals surface area (Å²) in [5, 5.41) is 0. The molecule has 1 fully saturated rings. The maximum Gasteiger partial charge on any atom is 0.263 e. The Morgan fingerprint density at radius 1 is 1.00 bits per heavy atom. The lowest BCUT2D eigenvalue weighted by molar-refractivity contribution is 0.250. The second-order valence-electron chi connectivity index (χ2n) is 7.31. The van der Waals surface area contributed by atoms with Crippen LogP contribution in [0.15, 0.2) is 72.0 Å². The smallest absolute Gasteiger partial charge is 0.263 e. The summed E-state index contributed by atoms with van der Waals surface area (Å²) in [5.41, 5.74) is 2.28. The van der Waals surface area contributed by atoms with E-state index < -0.39 is 10.0 Å². The number of piperazine rings is 1. The Morgan fingerprint density at radius 3 is 2.32 bits per heavy atom. The molecular formula is C22H27N5O3S. The molecule has 164 valence electrons. The molecule has 3 aromatic rings. The molecule has 0 radical (unpaired) electrons. The van der Waals surface area contributed by atoms with Crippen LogP contribution in [0.4, 0.5) is 11.5 Å². The third-order valence-corrected chi connectivity index (χ3v) is 6.64. The van der Waals surface area contributed by atoms with Crippen LogP contribution in [0.25, 0.3) is 0 Å². The van der Waals surface area contributed by atoms with Crippen molar-refractivity contribution in [2.24, 2.45) is 0 Å². The van der Waals surface area contributed by atoms with Gasteiger partial charge in [-0.1, -0.05) is 12.1 Å². The van der Waals surface area contributed by atoms with Gasteiger partial charge in [0.2, 0.25) is 0 Å². The van der Waals surface area contributed by atoms with Gasteiger partial charge < -0.3 is 9.64 Å². The number of aromatic nitrogens is 2. The fraction of sp³-hybridized carbons (Fsp3) is 0.273. The highest BCUT2D eigenvalue weighted by molar-refractivity contribution is 7.92. The summed E-state index contributed by atoms with van der Waals surface area (Å²) in [6, 6.07) is 16.6. The van der Waals surface area contributed by atoms with Gasteiger partial charge in [0.15, 0.2) is 0 Å². The first-order valence-corrected chi connectivity index (χ1v) is 11.5. The topological polar surface area (TPSA) is 87.7 Å². The predicted octanol–water partition coefficient (Wildman–Crippen LogP) is 2.85. The quantitative estimate of drug-likeness (QED) is 0.603. The van der Waals surface area contributed by atoms with Gasteiger partial charge in [0, 0.05) is 46.0 Å². The molecule has 1 aromatic heterocycles. The van der Waals surface area contributed by atoms with E-state index in [0.29, 0.717) is 0 Å². The van der Waals surface area contributed by atoms with Crippen molar-refractivity contribution in [3.8, 4) is 5.75 Å². The van der Waals surface area contributed by atoms with E-state index in [1.807, 2.05) is 24.3 Å². The number of methoxy groups -OCH3 is 1. The highest BCUT2D eigenvalue weighted by Gasteiger charge is 2.19. The first-order valence-electron chi connectivity index (χ1n) is 10.0. The molecule has 0 bridgehead atoms. The van der Waals surface area contributed by atoms with Crippen LogP contribution in [0.3, 0.4) is 0 Å². The van der Waals surface area contributed by atoms with Crippen LogP contribution >= 0.6 is 0 Å². The molecule has 0 amide bonds. The Hall–Kier alpha value is -3.17. The van der Waals surface area contributed by atoms with E-state index in [0.717, 1.165) is 44.2 Å². The van der Waals surface area contributed by atoms with Gasteiger partial charge in [-0.2, -0.15) is 0 Å². The lowest BCUT2D eigenvalue weighted by Gasteiger charge is -2.36. The van der Waals surface area contributed by atoms with Gasteiger partial charge in [0.05, 0.1) is 12.0 Å². The number of anilines is 2. The van der Waals surface area contributed by atoms with E-state index in [9.17, 15) is 8.42 Å². The zero-order valence-electron chi connectivity index (χ0n) is 17.3. The van der Waals surface area contributed by atoms with Crippen LogP contribution in [0.1, 0.15) is 6.99 Å². The molecule has 0 spiro atoms.